The summed E-state index contributed by atoms with van der Waals surface area (Å²) in [6.45, 7) is -1.42. The highest BCUT2D eigenvalue weighted by Gasteiger charge is 2.53. The number of esters is 1. The van der Waals surface area contributed by atoms with Gasteiger partial charge in [-0.05, 0) is 19.3 Å². The summed E-state index contributed by atoms with van der Waals surface area (Å²) in [5.41, 5.74) is 0. The van der Waals surface area contributed by atoms with Crippen molar-refractivity contribution in [3.05, 3.63) is 12.2 Å². The molecule has 0 bridgehead atoms. The van der Waals surface area contributed by atoms with E-state index in [0.717, 1.165) is 0 Å². The summed E-state index contributed by atoms with van der Waals surface area (Å²) in [6.07, 6.45) is 1.69. The molecule has 0 aliphatic heterocycles. The van der Waals surface area contributed by atoms with Gasteiger partial charge in [0.15, 0.2) is 0 Å². The van der Waals surface area contributed by atoms with Gasteiger partial charge in [0.2, 0.25) is 6.17 Å². The van der Waals surface area contributed by atoms with Crippen LogP contribution in [-0.4, -0.2) is 37.0 Å². The van der Waals surface area contributed by atoms with Crippen molar-refractivity contribution in [3.63, 3.8) is 0 Å². The molecule has 1 rings (SSSR count). The molecule has 0 radical (unpaired) electrons. The lowest BCUT2D eigenvalue weighted by Crippen LogP contribution is -2.41. The van der Waals surface area contributed by atoms with E-state index in [1.54, 1.807) is 6.08 Å². The topological polar surface area (TPSA) is 80.7 Å². The van der Waals surface area contributed by atoms with Crippen molar-refractivity contribution in [2.24, 2.45) is 5.92 Å². The largest absolute Gasteiger partial charge is 0.462 e. The molecule has 5 nitrogen and oxygen atoms in total. The van der Waals surface area contributed by atoms with Crippen molar-refractivity contribution in [2.45, 2.75) is 30.7 Å². The van der Waals surface area contributed by atoms with E-state index < -0.39 is 40.0 Å². The zero-order chi connectivity index (χ0) is 14.7. The fraction of sp³-hybridized carbons (Fsp3) is 0.700. The van der Waals surface area contributed by atoms with Crippen LogP contribution in [0.3, 0.4) is 0 Å². The molecule has 0 aromatic heterocycles. The molecule has 1 N–H and O–H groups in total. The molecular weight excluding hydrogens is 289 g/mol. The Morgan fingerprint density at radius 3 is 2.58 bits per heavy atom. The van der Waals surface area contributed by atoms with Crippen LogP contribution in [0.25, 0.3) is 0 Å². The molecule has 0 aromatic rings. The quantitative estimate of drug-likeness (QED) is 0.475. The number of allylic oxidation sites excluding steroid dienone is 2. The molecule has 9 heteroatoms. The van der Waals surface area contributed by atoms with Crippen LogP contribution < -0.4 is 0 Å². The summed E-state index contributed by atoms with van der Waals surface area (Å²) in [6, 6.07) is 0. The van der Waals surface area contributed by atoms with E-state index in [-0.39, 0.29) is 0 Å². The third-order valence-electron chi connectivity index (χ3n) is 2.68. The molecule has 0 heterocycles. The number of ether oxygens (including phenoxy) is 1. The average Bonchev–Trinajstić information content (AvgIpc) is 2.35. The van der Waals surface area contributed by atoms with E-state index in [4.69, 9.17) is 4.55 Å². The Labute approximate surface area is 108 Å². The molecule has 19 heavy (non-hydrogen) atoms. The third-order valence-corrected chi connectivity index (χ3v) is 3.63. The molecule has 0 saturated carbocycles. The first-order valence-electron chi connectivity index (χ1n) is 5.47. The zero-order valence-corrected chi connectivity index (χ0v) is 10.6. The van der Waals surface area contributed by atoms with Crippen LogP contribution >= 0.6 is 0 Å². The molecule has 110 valence electrons. The number of rotatable bonds is 5. The molecule has 0 fully saturated rings. The van der Waals surface area contributed by atoms with Crippen LogP contribution in [0.15, 0.2) is 12.2 Å². The Hall–Kier alpha value is -1.09. The summed E-state index contributed by atoms with van der Waals surface area (Å²) in [4.78, 5) is 11.4. The normalized spacial score (nSPS) is 22.0. The van der Waals surface area contributed by atoms with Crippen LogP contribution in [0, 0.1) is 5.92 Å². The van der Waals surface area contributed by atoms with Crippen molar-refractivity contribution >= 4 is 16.1 Å². The lowest BCUT2D eigenvalue weighted by atomic mass is 9.95. The van der Waals surface area contributed by atoms with E-state index in [0.29, 0.717) is 19.3 Å². The average molecular weight is 302 g/mol. The highest BCUT2D eigenvalue weighted by atomic mass is 32.2. The Balaban J connectivity index is 2.52. The van der Waals surface area contributed by atoms with Gasteiger partial charge in [-0.3, -0.25) is 9.35 Å². The number of hydrogen-bond donors (Lipinski definition) is 1. The predicted molar refractivity (Wildman–Crippen MR) is 58.8 cm³/mol. The number of halogens is 3. The van der Waals surface area contributed by atoms with Gasteiger partial charge in [0.25, 0.3) is 0 Å². The van der Waals surface area contributed by atoms with Gasteiger partial charge in [-0.2, -0.15) is 17.2 Å². The Bertz CT molecular complexity index is 460. The molecule has 1 aliphatic rings. The van der Waals surface area contributed by atoms with Crippen LogP contribution in [0.2, 0.25) is 0 Å². The summed E-state index contributed by atoms with van der Waals surface area (Å²) in [7, 11) is -5.89. The van der Waals surface area contributed by atoms with Crippen molar-refractivity contribution in [2.75, 3.05) is 6.61 Å². The first kappa shape index (κ1) is 16.0. The predicted octanol–water partition coefficient (Wildman–Crippen LogP) is 1.70. The maximum atomic E-state index is 13.0. The summed E-state index contributed by atoms with van der Waals surface area (Å²) < 4.78 is 71.6. The van der Waals surface area contributed by atoms with Gasteiger partial charge in [0, 0.05) is 0 Å². The molecular formula is C10H13F3O5S. The van der Waals surface area contributed by atoms with Crippen molar-refractivity contribution in [1.82, 2.24) is 0 Å². The van der Waals surface area contributed by atoms with E-state index >= 15 is 0 Å². The van der Waals surface area contributed by atoms with Crippen molar-refractivity contribution < 1.29 is 35.7 Å². The standard InChI is InChI=1S/C10H13F3O5S/c11-8(10(12,13)19(15,16)17)6-18-9(14)7-4-2-1-3-5-7/h1-2,7-8H,3-6H2,(H,15,16,17). The second-order valence-corrected chi connectivity index (χ2v) is 5.61. The first-order chi connectivity index (χ1) is 8.66. The molecule has 0 spiro atoms. The minimum atomic E-state index is -5.89. The molecule has 2 unspecified atom stereocenters. The molecule has 0 amide bonds. The van der Waals surface area contributed by atoms with E-state index in [1.165, 1.54) is 0 Å². The Morgan fingerprint density at radius 2 is 2.11 bits per heavy atom. The lowest BCUT2D eigenvalue weighted by molar-refractivity contribution is -0.153. The smallest absolute Gasteiger partial charge is 0.403 e. The summed E-state index contributed by atoms with van der Waals surface area (Å²) in [5, 5.41) is -5.00. The van der Waals surface area contributed by atoms with Crippen LogP contribution in [-0.2, 0) is 19.6 Å². The first-order valence-corrected chi connectivity index (χ1v) is 6.91. The number of hydrogen-bond acceptors (Lipinski definition) is 4. The van der Waals surface area contributed by atoms with Gasteiger partial charge in [-0.1, -0.05) is 12.2 Å². The fourth-order valence-corrected chi connectivity index (χ4v) is 1.93. The van der Waals surface area contributed by atoms with E-state index in [1.807, 2.05) is 6.08 Å². The molecule has 2 atom stereocenters. The van der Waals surface area contributed by atoms with E-state index in [9.17, 15) is 26.4 Å². The van der Waals surface area contributed by atoms with Gasteiger partial charge >= 0.3 is 21.3 Å². The Kier molecular flexibility index (Phi) is 4.97. The monoisotopic (exact) mass is 302 g/mol. The van der Waals surface area contributed by atoms with Crippen molar-refractivity contribution in [3.8, 4) is 0 Å². The second-order valence-electron chi connectivity index (χ2n) is 4.12. The fourth-order valence-electron chi connectivity index (χ4n) is 1.54. The maximum Gasteiger partial charge on any atom is 0.403 e. The Morgan fingerprint density at radius 1 is 1.47 bits per heavy atom. The number of carbonyl (C=O) groups is 1. The van der Waals surface area contributed by atoms with E-state index in [2.05, 4.69) is 4.74 Å². The summed E-state index contributed by atoms with van der Waals surface area (Å²) >= 11 is 0. The third kappa shape index (κ3) is 3.93. The van der Waals surface area contributed by atoms with Crippen LogP contribution in [0.5, 0.6) is 0 Å². The minimum absolute atomic E-state index is 0.366. The highest BCUT2D eigenvalue weighted by molar-refractivity contribution is 7.86. The van der Waals surface area contributed by atoms with Gasteiger partial charge in [0.1, 0.15) is 6.61 Å². The van der Waals surface area contributed by atoms with Gasteiger partial charge in [-0.25, -0.2) is 4.39 Å². The minimum Gasteiger partial charge on any atom is -0.462 e. The van der Waals surface area contributed by atoms with Crippen LogP contribution in [0.4, 0.5) is 13.2 Å². The second kappa shape index (κ2) is 5.91. The number of alkyl halides is 3. The molecule has 0 saturated heterocycles. The molecule has 0 aromatic carbocycles. The highest BCUT2D eigenvalue weighted by Crippen LogP contribution is 2.28. The molecule has 1 aliphatic carbocycles. The summed E-state index contributed by atoms with van der Waals surface area (Å²) in [5.74, 6) is -1.41. The SMILES string of the molecule is O=C(OCC(F)C(F)(F)S(=O)(=O)O)C1CC=CCC1. The van der Waals surface area contributed by atoms with Gasteiger partial charge < -0.3 is 4.74 Å². The van der Waals surface area contributed by atoms with Gasteiger partial charge in [0.05, 0.1) is 5.92 Å². The number of carbonyl (C=O) groups excluding carboxylic acids is 1. The van der Waals surface area contributed by atoms with Gasteiger partial charge in [-0.15, -0.1) is 0 Å². The zero-order valence-electron chi connectivity index (χ0n) is 9.76. The maximum absolute atomic E-state index is 13.0. The lowest BCUT2D eigenvalue weighted by Gasteiger charge is -2.20. The van der Waals surface area contributed by atoms with Crippen LogP contribution in [0.1, 0.15) is 19.3 Å². The van der Waals surface area contributed by atoms with Crippen molar-refractivity contribution in [1.29, 1.82) is 0 Å².